The number of fused-ring (bicyclic) bond motifs is 1. The maximum absolute atomic E-state index is 13.1. The molecule has 0 spiro atoms. The first-order valence-corrected chi connectivity index (χ1v) is 10.4. The molecular weight excluding hydrogens is 461 g/mol. The lowest BCUT2D eigenvalue weighted by Crippen LogP contribution is -2.37. The van der Waals surface area contributed by atoms with E-state index in [1.165, 1.54) is 12.3 Å². The highest BCUT2D eigenvalue weighted by molar-refractivity contribution is 6.28. The molecule has 1 aromatic heterocycles. The number of halogens is 4. The Morgan fingerprint density at radius 3 is 2.91 bits per heavy atom. The molecule has 8 nitrogen and oxygen atoms in total. The normalized spacial score (nSPS) is 15.9. The summed E-state index contributed by atoms with van der Waals surface area (Å²) in [6.07, 6.45) is 0.778. The molecule has 0 fully saturated rings. The number of anilines is 2. The zero-order chi connectivity index (χ0) is 23.6. The third-order valence-corrected chi connectivity index (χ3v) is 5.34. The molecule has 0 atom stereocenters. The number of nitrogen functional groups attached to an aromatic ring is 1. The molecule has 2 aromatic rings. The van der Waals surface area contributed by atoms with Gasteiger partial charge in [-0.25, -0.2) is 9.97 Å². The Balaban J connectivity index is 1.56. The summed E-state index contributed by atoms with van der Waals surface area (Å²) >= 11 is 6.06. The van der Waals surface area contributed by atoms with Crippen LogP contribution in [0.4, 0.5) is 24.7 Å². The lowest BCUT2D eigenvalue weighted by atomic mass is 10.0. The van der Waals surface area contributed by atoms with E-state index in [9.17, 15) is 18.0 Å². The van der Waals surface area contributed by atoms with Crippen LogP contribution < -0.4 is 16.5 Å². The summed E-state index contributed by atoms with van der Waals surface area (Å²) in [7, 11) is 0. The predicted molar refractivity (Wildman–Crippen MR) is 116 cm³/mol. The van der Waals surface area contributed by atoms with E-state index in [4.69, 9.17) is 22.2 Å². The number of nitrogens with two attached hydrogens (primary N) is 1. The zero-order valence-electron chi connectivity index (χ0n) is 17.2. The number of nitrogens with one attached hydrogen (secondary N) is 2. The molecule has 0 unspecified atom stereocenters. The maximum atomic E-state index is 13.1. The quantitative estimate of drug-likeness (QED) is 0.456. The number of aromatic nitrogens is 2. The average molecular weight is 481 g/mol. The summed E-state index contributed by atoms with van der Waals surface area (Å²) in [6.45, 7) is 0.920. The number of hydrogen-bond donors (Lipinski definition) is 3. The highest BCUT2D eigenvalue weighted by Gasteiger charge is 2.31. The van der Waals surface area contributed by atoms with Crippen molar-refractivity contribution >= 4 is 29.0 Å². The van der Waals surface area contributed by atoms with Crippen molar-refractivity contribution in [3.05, 3.63) is 69.8 Å². The van der Waals surface area contributed by atoms with Gasteiger partial charge in [0, 0.05) is 42.5 Å². The monoisotopic (exact) mass is 480 g/mol. The van der Waals surface area contributed by atoms with E-state index in [0.717, 1.165) is 12.1 Å². The number of nitrogens with zero attached hydrogens (tertiary/aromatic N) is 3. The Hall–Kier alpha value is -3.31. The number of rotatable bonds is 4. The summed E-state index contributed by atoms with van der Waals surface area (Å²) in [5.74, 6) is 0.171. The standard InChI is InChI=1S/C21H20ClF3N6O2/c22-20-29-17-2-5-31(19(32)13-1-4-28-33-6-3-13)11-16(17)18(30-20)27-10-12-7-14(21(23,24)25)9-15(26)8-12/h1,3-4,7-9,28H,2,5-6,10-11,26H2,(H,27,29,30). The van der Waals surface area contributed by atoms with Crippen LogP contribution in [0.2, 0.25) is 5.28 Å². The van der Waals surface area contributed by atoms with E-state index in [1.54, 1.807) is 17.1 Å². The van der Waals surface area contributed by atoms with Crippen LogP contribution in [-0.2, 0) is 35.3 Å². The average Bonchev–Trinajstić information content (AvgIpc) is 3.05. The molecule has 0 radical (unpaired) electrons. The summed E-state index contributed by atoms with van der Waals surface area (Å²) < 4.78 is 39.3. The number of alkyl halides is 3. The number of carbonyl (C=O) groups is 1. The third kappa shape index (κ3) is 5.37. The van der Waals surface area contributed by atoms with E-state index in [1.807, 2.05) is 0 Å². The van der Waals surface area contributed by atoms with Crippen molar-refractivity contribution in [2.75, 3.05) is 24.2 Å². The molecule has 0 aliphatic carbocycles. The van der Waals surface area contributed by atoms with Gasteiger partial charge in [0.2, 0.25) is 5.28 Å². The van der Waals surface area contributed by atoms with Gasteiger partial charge in [-0.2, -0.15) is 13.2 Å². The number of hydrogen-bond acceptors (Lipinski definition) is 7. The van der Waals surface area contributed by atoms with Crippen molar-refractivity contribution in [2.45, 2.75) is 25.7 Å². The van der Waals surface area contributed by atoms with Crippen molar-refractivity contribution < 1.29 is 22.8 Å². The van der Waals surface area contributed by atoms with E-state index >= 15 is 0 Å². The van der Waals surface area contributed by atoms with E-state index in [0.29, 0.717) is 41.2 Å². The number of hydroxylamine groups is 1. The largest absolute Gasteiger partial charge is 0.416 e. The minimum atomic E-state index is -4.51. The number of benzene rings is 1. The smallest absolute Gasteiger partial charge is 0.399 e. The molecule has 12 heteroatoms. The van der Waals surface area contributed by atoms with Crippen molar-refractivity contribution in [3.63, 3.8) is 0 Å². The molecule has 33 heavy (non-hydrogen) atoms. The first-order valence-electron chi connectivity index (χ1n) is 10.00. The van der Waals surface area contributed by atoms with Crippen LogP contribution in [0.25, 0.3) is 0 Å². The molecule has 2 aliphatic rings. The van der Waals surface area contributed by atoms with Gasteiger partial charge in [0.1, 0.15) is 5.82 Å². The molecule has 4 rings (SSSR count). The summed E-state index contributed by atoms with van der Waals surface area (Å²) in [6, 6.07) is 3.36. The molecule has 0 bridgehead atoms. The molecule has 174 valence electrons. The molecule has 2 aliphatic heterocycles. The van der Waals surface area contributed by atoms with E-state index < -0.39 is 11.7 Å². The fourth-order valence-electron chi connectivity index (χ4n) is 3.63. The maximum Gasteiger partial charge on any atom is 0.416 e. The SMILES string of the molecule is Nc1cc(CNc2nc(Cl)nc3c2CN(C(=O)C2=CCONC=C2)CC3)cc(C(F)(F)F)c1. The van der Waals surface area contributed by atoms with Crippen LogP contribution in [0.3, 0.4) is 0 Å². The molecule has 4 N–H and O–H groups in total. The Bertz CT molecular complexity index is 1140. The summed E-state index contributed by atoms with van der Waals surface area (Å²) in [4.78, 5) is 28.1. The lowest BCUT2D eigenvalue weighted by Gasteiger charge is -2.30. The van der Waals surface area contributed by atoms with Gasteiger partial charge in [-0.15, -0.1) is 0 Å². The van der Waals surface area contributed by atoms with Gasteiger partial charge in [0.25, 0.3) is 5.91 Å². The van der Waals surface area contributed by atoms with Gasteiger partial charge in [-0.05, 0) is 47.5 Å². The topological polar surface area (TPSA) is 105 Å². The minimum absolute atomic E-state index is 0.00402. The van der Waals surface area contributed by atoms with Crippen molar-refractivity contribution in [1.82, 2.24) is 20.3 Å². The van der Waals surface area contributed by atoms with E-state index in [2.05, 4.69) is 20.8 Å². The van der Waals surface area contributed by atoms with Crippen molar-refractivity contribution in [3.8, 4) is 0 Å². The lowest BCUT2D eigenvalue weighted by molar-refractivity contribution is -0.137. The highest BCUT2D eigenvalue weighted by atomic mass is 35.5. The predicted octanol–water partition coefficient (Wildman–Crippen LogP) is 3.20. The highest BCUT2D eigenvalue weighted by Crippen LogP contribution is 2.32. The Labute approximate surface area is 192 Å². The van der Waals surface area contributed by atoms with Crippen molar-refractivity contribution in [1.29, 1.82) is 0 Å². The van der Waals surface area contributed by atoms with Gasteiger partial charge < -0.3 is 16.0 Å². The van der Waals surface area contributed by atoms with Gasteiger partial charge >= 0.3 is 6.18 Å². The molecular formula is C21H20ClF3N6O2. The Kier molecular flexibility index (Phi) is 6.43. The second-order valence-corrected chi connectivity index (χ2v) is 7.82. The van der Waals surface area contributed by atoms with Crippen LogP contribution in [-0.4, -0.2) is 33.9 Å². The molecule has 0 saturated heterocycles. The van der Waals surface area contributed by atoms with Gasteiger partial charge in [0.05, 0.1) is 24.4 Å². The Morgan fingerprint density at radius 1 is 1.30 bits per heavy atom. The number of amides is 1. The summed E-state index contributed by atoms with van der Waals surface area (Å²) in [5, 5.41) is 3.04. The second-order valence-electron chi connectivity index (χ2n) is 7.48. The van der Waals surface area contributed by atoms with Gasteiger partial charge in [0.15, 0.2) is 0 Å². The number of carbonyl (C=O) groups excluding carboxylic acids is 1. The van der Waals surface area contributed by atoms with Crippen LogP contribution >= 0.6 is 11.6 Å². The minimum Gasteiger partial charge on any atom is -0.399 e. The molecule has 1 aromatic carbocycles. The Morgan fingerprint density at radius 2 is 2.12 bits per heavy atom. The molecule has 1 amide bonds. The first-order chi connectivity index (χ1) is 15.7. The van der Waals surface area contributed by atoms with E-state index in [-0.39, 0.29) is 36.6 Å². The van der Waals surface area contributed by atoms with Crippen LogP contribution in [0.5, 0.6) is 0 Å². The van der Waals surface area contributed by atoms with Crippen molar-refractivity contribution in [2.24, 2.45) is 0 Å². The summed E-state index contributed by atoms with van der Waals surface area (Å²) in [5.41, 5.74) is 9.56. The van der Waals surface area contributed by atoms with Gasteiger partial charge in [-0.1, -0.05) is 0 Å². The second kappa shape index (κ2) is 9.28. The fraction of sp³-hybridized carbons (Fsp3) is 0.286. The first kappa shape index (κ1) is 22.9. The molecule has 3 heterocycles. The molecule has 0 saturated carbocycles. The van der Waals surface area contributed by atoms with Crippen LogP contribution in [0, 0.1) is 0 Å². The third-order valence-electron chi connectivity index (χ3n) is 5.17. The fourth-order valence-corrected chi connectivity index (χ4v) is 3.82. The van der Waals surface area contributed by atoms with Crippen LogP contribution in [0.15, 0.2) is 42.1 Å². The van der Waals surface area contributed by atoms with Crippen LogP contribution in [0.1, 0.15) is 22.4 Å². The van der Waals surface area contributed by atoms with Gasteiger partial charge in [-0.3, -0.25) is 15.1 Å². The zero-order valence-corrected chi connectivity index (χ0v) is 18.0.